The van der Waals surface area contributed by atoms with Gasteiger partial charge < -0.3 is 20.9 Å². The molecular weight excluding hydrogens is 628 g/mol. The molecule has 1 aliphatic rings. The lowest BCUT2D eigenvalue weighted by atomic mass is 10.1. The molecule has 46 heavy (non-hydrogen) atoms. The van der Waals surface area contributed by atoms with Crippen LogP contribution in [0.3, 0.4) is 0 Å². The van der Waals surface area contributed by atoms with Crippen molar-refractivity contribution in [2.75, 3.05) is 33.9 Å². The summed E-state index contributed by atoms with van der Waals surface area (Å²) in [6, 6.07) is 15.9. The van der Waals surface area contributed by atoms with E-state index >= 15 is 0 Å². The van der Waals surface area contributed by atoms with E-state index in [2.05, 4.69) is 36.1 Å². The summed E-state index contributed by atoms with van der Waals surface area (Å²) >= 11 is 5.18. The molecule has 0 spiro atoms. The highest BCUT2D eigenvalue weighted by molar-refractivity contribution is 7.80. The summed E-state index contributed by atoms with van der Waals surface area (Å²) in [7, 11) is 0. The number of aryl methyl sites for hydroxylation is 2. The summed E-state index contributed by atoms with van der Waals surface area (Å²) in [6.45, 7) is 5.77. The highest BCUT2D eigenvalue weighted by atomic mass is 32.1. The highest BCUT2D eigenvalue weighted by Gasteiger charge is 2.37. The number of halogens is 6. The minimum absolute atomic E-state index is 0.0518. The molecule has 3 aromatic carbocycles. The lowest BCUT2D eigenvalue weighted by Gasteiger charge is -2.18. The minimum Gasteiger partial charge on any atom is -0.371 e. The number of rotatable bonds is 7. The number of anilines is 5. The SMILES string of the molecule is Cc1ccc(NC(=S)Nc2cc(C(F)(F)F)cc(C(F)(F)F)c2)cc1N=Nc1cc(Nc2cc(N3CCCC3)ccn2)ccc1C. The van der Waals surface area contributed by atoms with Gasteiger partial charge in [0.15, 0.2) is 5.11 Å². The number of nitrogens with one attached hydrogen (secondary N) is 3. The van der Waals surface area contributed by atoms with E-state index in [-0.39, 0.29) is 11.2 Å². The molecule has 0 amide bonds. The number of aromatic nitrogens is 1. The number of azo groups is 1. The van der Waals surface area contributed by atoms with Crippen LogP contribution < -0.4 is 20.9 Å². The molecule has 7 nitrogen and oxygen atoms in total. The van der Waals surface area contributed by atoms with Crippen LogP contribution in [0.25, 0.3) is 0 Å². The minimum atomic E-state index is -4.98. The van der Waals surface area contributed by atoms with Gasteiger partial charge in [-0.15, -0.1) is 0 Å². The van der Waals surface area contributed by atoms with Crippen LogP contribution >= 0.6 is 12.2 Å². The van der Waals surface area contributed by atoms with Crippen molar-refractivity contribution in [1.82, 2.24) is 4.98 Å². The molecule has 240 valence electrons. The molecule has 2 heterocycles. The van der Waals surface area contributed by atoms with Crippen LogP contribution in [0.4, 0.5) is 66.3 Å². The van der Waals surface area contributed by atoms with Gasteiger partial charge in [-0.05, 0) is 98.6 Å². The van der Waals surface area contributed by atoms with Gasteiger partial charge in [0.2, 0.25) is 0 Å². The number of hydrogen-bond acceptors (Lipinski definition) is 6. The second-order valence-electron chi connectivity index (χ2n) is 10.8. The smallest absolute Gasteiger partial charge is 0.371 e. The summed E-state index contributed by atoms with van der Waals surface area (Å²) in [5, 5.41) is 17.1. The molecule has 3 N–H and O–H groups in total. The van der Waals surface area contributed by atoms with Gasteiger partial charge in [0.25, 0.3) is 0 Å². The van der Waals surface area contributed by atoms with Crippen molar-refractivity contribution in [1.29, 1.82) is 0 Å². The Balaban J connectivity index is 1.29. The molecule has 1 aromatic heterocycles. The van der Waals surface area contributed by atoms with E-state index < -0.39 is 29.2 Å². The summed E-state index contributed by atoms with van der Waals surface area (Å²) in [6.07, 6.45) is -5.84. The number of thiocarbonyl (C=S) groups is 1. The van der Waals surface area contributed by atoms with E-state index in [4.69, 9.17) is 12.2 Å². The third-order valence-electron chi connectivity index (χ3n) is 7.27. The van der Waals surface area contributed by atoms with Gasteiger partial charge in [-0.3, -0.25) is 0 Å². The van der Waals surface area contributed by atoms with Crippen molar-refractivity contribution >= 4 is 57.3 Å². The zero-order valence-electron chi connectivity index (χ0n) is 24.7. The fourth-order valence-corrected chi connectivity index (χ4v) is 5.06. The molecule has 1 fully saturated rings. The normalized spacial score (nSPS) is 13.7. The molecule has 0 bridgehead atoms. The lowest BCUT2D eigenvalue weighted by molar-refractivity contribution is -0.143. The monoisotopic (exact) mass is 657 g/mol. The van der Waals surface area contributed by atoms with Crippen molar-refractivity contribution in [2.45, 2.75) is 39.0 Å². The van der Waals surface area contributed by atoms with E-state index in [1.807, 2.05) is 44.2 Å². The van der Waals surface area contributed by atoms with Gasteiger partial charge in [-0.2, -0.15) is 36.6 Å². The molecule has 1 aliphatic heterocycles. The third-order valence-corrected chi connectivity index (χ3v) is 7.48. The first-order valence-corrected chi connectivity index (χ1v) is 14.6. The Morgan fingerprint density at radius 3 is 1.85 bits per heavy atom. The van der Waals surface area contributed by atoms with E-state index in [1.54, 1.807) is 24.4 Å². The lowest BCUT2D eigenvalue weighted by Crippen LogP contribution is -2.20. The van der Waals surface area contributed by atoms with Gasteiger partial charge in [0.1, 0.15) is 5.82 Å². The van der Waals surface area contributed by atoms with Gasteiger partial charge in [0.05, 0.1) is 22.5 Å². The molecule has 5 rings (SSSR count). The van der Waals surface area contributed by atoms with Crippen molar-refractivity contribution in [3.8, 4) is 0 Å². The Kier molecular flexibility index (Phi) is 9.47. The standard InChI is InChI=1S/C32H29F6N7S/c1-19-5-7-23(40-29-18-26(9-10-39-29)45-11-3-4-12-45)16-27(19)43-44-28-17-24(8-6-20(28)2)41-30(46)42-25-14-21(31(33,34)35)13-22(15-25)32(36,37)38/h5-10,13-18H,3-4,11-12H2,1-2H3,(H,39,40)(H2,41,42,46). The fraction of sp³-hybridized carbons (Fsp3) is 0.250. The topological polar surface area (TPSA) is 76.9 Å². The Bertz CT molecular complexity index is 1730. The summed E-state index contributed by atoms with van der Waals surface area (Å²) in [4.78, 5) is 6.76. The van der Waals surface area contributed by atoms with Crippen LogP contribution in [0.1, 0.15) is 35.1 Å². The number of benzene rings is 3. The molecule has 4 aromatic rings. The van der Waals surface area contributed by atoms with Gasteiger partial charge in [-0.25, -0.2) is 4.98 Å². The quantitative estimate of drug-likeness (QED) is 0.104. The van der Waals surface area contributed by atoms with Gasteiger partial charge >= 0.3 is 12.4 Å². The van der Waals surface area contributed by atoms with E-state index in [1.165, 1.54) is 12.8 Å². The van der Waals surface area contributed by atoms with Crippen LogP contribution in [0.2, 0.25) is 0 Å². The maximum Gasteiger partial charge on any atom is 0.416 e. The first kappa shape index (κ1) is 32.7. The molecule has 0 saturated carbocycles. The van der Waals surface area contributed by atoms with Crippen molar-refractivity contribution in [3.63, 3.8) is 0 Å². The molecular formula is C32H29F6N7S. The largest absolute Gasteiger partial charge is 0.416 e. The first-order chi connectivity index (χ1) is 21.7. The highest BCUT2D eigenvalue weighted by Crippen LogP contribution is 2.38. The number of nitrogens with zero attached hydrogens (tertiary/aromatic N) is 4. The maximum absolute atomic E-state index is 13.2. The predicted octanol–water partition coefficient (Wildman–Crippen LogP) is 10.3. The summed E-state index contributed by atoms with van der Waals surface area (Å²) < 4.78 is 79.4. The second kappa shape index (κ2) is 13.3. The Morgan fingerprint density at radius 2 is 1.26 bits per heavy atom. The number of hydrogen-bond donors (Lipinski definition) is 3. The molecule has 0 radical (unpaired) electrons. The Morgan fingerprint density at radius 1 is 0.717 bits per heavy atom. The first-order valence-electron chi connectivity index (χ1n) is 14.2. The second-order valence-corrected chi connectivity index (χ2v) is 11.2. The van der Waals surface area contributed by atoms with E-state index in [9.17, 15) is 26.3 Å². The summed E-state index contributed by atoms with van der Waals surface area (Å²) in [5.41, 5.74) is 1.66. The Labute approximate surface area is 266 Å². The molecule has 0 aliphatic carbocycles. The predicted molar refractivity (Wildman–Crippen MR) is 172 cm³/mol. The van der Waals surface area contributed by atoms with Crippen LogP contribution in [-0.4, -0.2) is 23.2 Å². The van der Waals surface area contributed by atoms with E-state index in [0.29, 0.717) is 35.0 Å². The van der Waals surface area contributed by atoms with Crippen LogP contribution in [0, 0.1) is 13.8 Å². The number of pyridine rings is 1. The zero-order valence-corrected chi connectivity index (χ0v) is 25.5. The summed E-state index contributed by atoms with van der Waals surface area (Å²) in [5.74, 6) is 0.704. The van der Waals surface area contributed by atoms with Crippen LogP contribution in [0.5, 0.6) is 0 Å². The molecule has 14 heteroatoms. The zero-order chi connectivity index (χ0) is 33.1. The van der Waals surface area contributed by atoms with Crippen molar-refractivity contribution < 1.29 is 26.3 Å². The third kappa shape index (κ3) is 8.30. The van der Waals surface area contributed by atoms with Gasteiger partial charge in [-0.1, -0.05) is 12.1 Å². The van der Waals surface area contributed by atoms with Gasteiger partial charge in [0, 0.05) is 48.1 Å². The maximum atomic E-state index is 13.2. The van der Waals surface area contributed by atoms with Crippen LogP contribution in [-0.2, 0) is 12.4 Å². The number of alkyl halides is 6. The average Bonchev–Trinajstić information content (AvgIpc) is 3.53. The van der Waals surface area contributed by atoms with Crippen LogP contribution in [0.15, 0.2) is 83.2 Å². The Hall–Kier alpha value is -4.72. The van der Waals surface area contributed by atoms with E-state index in [0.717, 1.165) is 35.6 Å². The van der Waals surface area contributed by atoms with Crippen molar-refractivity contribution in [3.05, 3.63) is 95.2 Å². The fourth-order valence-electron chi connectivity index (χ4n) is 4.83. The molecule has 0 unspecified atom stereocenters. The molecule has 0 atom stereocenters. The van der Waals surface area contributed by atoms with Crippen molar-refractivity contribution in [2.24, 2.45) is 10.2 Å². The average molecular weight is 658 g/mol. The molecule has 1 saturated heterocycles.